The Labute approximate surface area is 267 Å². The highest BCUT2D eigenvalue weighted by Crippen LogP contribution is 2.37. The molecule has 2 saturated heterocycles. The van der Waals surface area contributed by atoms with Crippen LogP contribution in [0.15, 0.2) is 69.9 Å². The van der Waals surface area contributed by atoms with Crippen LogP contribution in [0.4, 0.5) is 0 Å². The van der Waals surface area contributed by atoms with Gasteiger partial charge in [-0.15, -0.1) is 0 Å². The topological polar surface area (TPSA) is 135 Å². The van der Waals surface area contributed by atoms with Crippen LogP contribution in [0.2, 0.25) is 0 Å². The Morgan fingerprint density at radius 2 is 1.89 bits per heavy atom. The van der Waals surface area contributed by atoms with Gasteiger partial charge in [-0.3, -0.25) is 4.90 Å². The Morgan fingerprint density at radius 3 is 2.61 bits per heavy atom. The van der Waals surface area contributed by atoms with Crippen LogP contribution in [0.3, 0.4) is 0 Å². The summed E-state index contributed by atoms with van der Waals surface area (Å²) in [4.78, 5) is 31.1. The number of aliphatic hydroxyl groups excluding tert-OH is 1. The molecule has 11 heteroatoms. The first-order valence-corrected chi connectivity index (χ1v) is 15.5. The van der Waals surface area contributed by atoms with Gasteiger partial charge in [-0.2, -0.15) is 0 Å². The highest BCUT2D eigenvalue weighted by Gasteiger charge is 2.53. The van der Waals surface area contributed by atoms with Crippen LogP contribution in [0.1, 0.15) is 52.8 Å². The van der Waals surface area contributed by atoms with Crippen molar-refractivity contribution in [2.24, 2.45) is 0 Å². The van der Waals surface area contributed by atoms with E-state index in [9.17, 15) is 14.7 Å². The summed E-state index contributed by atoms with van der Waals surface area (Å²) in [5, 5.41) is 15.7. The molecule has 2 aliphatic heterocycles. The van der Waals surface area contributed by atoms with E-state index in [4.69, 9.17) is 23.4 Å². The van der Waals surface area contributed by atoms with E-state index in [1.54, 1.807) is 45.0 Å². The number of aliphatic hydroxyl groups is 1. The summed E-state index contributed by atoms with van der Waals surface area (Å²) in [5.74, 6) is -0.274. The number of carbonyl (C=O) groups excluding carboxylic acids is 1. The number of esters is 1. The lowest BCUT2D eigenvalue weighted by atomic mass is 9.89. The zero-order valence-corrected chi connectivity index (χ0v) is 26.7. The number of methoxy groups -OCH3 is 1. The van der Waals surface area contributed by atoms with E-state index in [-0.39, 0.29) is 11.7 Å². The Morgan fingerprint density at radius 1 is 1.11 bits per heavy atom. The molecule has 0 radical (unpaired) electrons. The zero-order chi connectivity index (χ0) is 32.6. The second-order valence-electron chi connectivity index (χ2n) is 12.5. The maximum absolute atomic E-state index is 13.0. The molecule has 4 aromatic rings. The Balaban J connectivity index is 1.27. The lowest BCUT2D eigenvalue weighted by Crippen LogP contribution is -2.65. The van der Waals surface area contributed by atoms with Gasteiger partial charge in [-0.1, -0.05) is 30.3 Å². The van der Waals surface area contributed by atoms with Gasteiger partial charge < -0.3 is 38.8 Å². The van der Waals surface area contributed by atoms with Crippen LogP contribution in [-0.4, -0.2) is 77.9 Å². The standard InChI is InChI=1S/C35H41N3O8/c1-20-11-13-25(37-20)33(41)45-31-29(40)34(46-35(3,4)32(31)42-5)43-27-14-12-24-23(17-28(39)44-30(24)21(27)2)19-38-16-15-36-18-26(38)22-9-7-6-8-10-22/h6-14,17,26,29,31-32,34,36-37,40H,15-16,18-19H2,1-5H3/t26?,29-,31+,32-,34-/m1/s1. The summed E-state index contributed by atoms with van der Waals surface area (Å²) in [5.41, 5.74) is 2.64. The number of aromatic nitrogens is 1. The number of nitrogens with zero attached hydrogens (tertiary/aromatic N) is 1. The van der Waals surface area contributed by atoms with Gasteiger partial charge in [0.1, 0.15) is 23.1 Å². The Bertz CT molecular complexity index is 1750. The van der Waals surface area contributed by atoms with E-state index in [2.05, 4.69) is 27.3 Å². The zero-order valence-electron chi connectivity index (χ0n) is 26.7. The molecule has 11 nitrogen and oxygen atoms in total. The minimum Gasteiger partial charge on any atom is -0.462 e. The number of piperazine rings is 1. The molecule has 3 N–H and O–H groups in total. The van der Waals surface area contributed by atoms with Gasteiger partial charge in [0.15, 0.2) is 12.2 Å². The number of hydrogen-bond acceptors (Lipinski definition) is 10. The molecular weight excluding hydrogens is 590 g/mol. The third kappa shape index (κ3) is 6.33. The first-order chi connectivity index (χ1) is 22.1. The molecule has 5 atom stereocenters. The molecule has 244 valence electrons. The molecule has 2 aromatic carbocycles. The highest BCUT2D eigenvalue weighted by molar-refractivity contribution is 5.87. The summed E-state index contributed by atoms with van der Waals surface area (Å²) in [7, 11) is 1.47. The minimum absolute atomic E-state index is 0.160. The van der Waals surface area contributed by atoms with Crippen molar-refractivity contribution in [3.8, 4) is 5.75 Å². The molecule has 4 heterocycles. The van der Waals surface area contributed by atoms with E-state index in [0.29, 0.717) is 23.4 Å². The quantitative estimate of drug-likeness (QED) is 0.193. The number of aryl methyl sites for hydroxylation is 2. The van der Waals surface area contributed by atoms with Crippen LogP contribution in [0.5, 0.6) is 5.75 Å². The highest BCUT2D eigenvalue weighted by atomic mass is 16.7. The predicted octanol–water partition coefficient (Wildman–Crippen LogP) is 4.00. The molecule has 46 heavy (non-hydrogen) atoms. The molecule has 0 spiro atoms. The summed E-state index contributed by atoms with van der Waals surface area (Å²) < 4.78 is 29.6. The van der Waals surface area contributed by atoms with Gasteiger partial charge in [0, 0.05) is 62.0 Å². The van der Waals surface area contributed by atoms with Crippen molar-refractivity contribution in [1.82, 2.24) is 15.2 Å². The largest absolute Gasteiger partial charge is 0.462 e. The molecule has 0 aliphatic carbocycles. The summed E-state index contributed by atoms with van der Waals surface area (Å²) >= 11 is 0. The average molecular weight is 632 g/mol. The normalized spacial score (nSPS) is 25.0. The lowest BCUT2D eigenvalue weighted by Gasteiger charge is -2.47. The van der Waals surface area contributed by atoms with E-state index >= 15 is 0 Å². The number of H-pyrrole nitrogens is 1. The van der Waals surface area contributed by atoms with Gasteiger partial charge >= 0.3 is 11.6 Å². The van der Waals surface area contributed by atoms with Crippen molar-refractivity contribution in [3.63, 3.8) is 0 Å². The smallest absolute Gasteiger partial charge is 0.355 e. The van der Waals surface area contributed by atoms with Crippen molar-refractivity contribution in [1.29, 1.82) is 0 Å². The third-order valence-electron chi connectivity index (χ3n) is 8.92. The molecule has 0 saturated carbocycles. The lowest BCUT2D eigenvalue weighted by molar-refractivity contribution is -0.305. The monoisotopic (exact) mass is 631 g/mol. The van der Waals surface area contributed by atoms with Crippen molar-refractivity contribution in [2.75, 3.05) is 26.7 Å². The van der Waals surface area contributed by atoms with E-state index in [1.165, 1.54) is 12.7 Å². The van der Waals surface area contributed by atoms with E-state index in [0.717, 1.165) is 36.3 Å². The number of carbonyl (C=O) groups is 1. The summed E-state index contributed by atoms with van der Waals surface area (Å²) in [6.07, 6.45) is -4.50. The fraction of sp³-hybridized carbons (Fsp3) is 0.429. The van der Waals surface area contributed by atoms with Crippen molar-refractivity contribution in [2.45, 2.75) is 70.5 Å². The minimum atomic E-state index is -1.39. The van der Waals surface area contributed by atoms with Gasteiger partial charge in [0.05, 0.1) is 5.60 Å². The van der Waals surface area contributed by atoms with Gasteiger partial charge in [-0.25, -0.2) is 9.59 Å². The van der Waals surface area contributed by atoms with Crippen LogP contribution >= 0.6 is 0 Å². The van der Waals surface area contributed by atoms with Crippen LogP contribution in [0, 0.1) is 13.8 Å². The predicted molar refractivity (Wildman–Crippen MR) is 171 cm³/mol. The van der Waals surface area contributed by atoms with Crippen LogP contribution in [0.25, 0.3) is 11.0 Å². The Kier molecular flexibility index (Phi) is 9.04. The number of hydrogen-bond donors (Lipinski definition) is 3. The average Bonchev–Trinajstić information content (AvgIpc) is 3.48. The first-order valence-electron chi connectivity index (χ1n) is 15.5. The SMILES string of the molecule is CO[C@@H]1[C@@H](OC(=O)c2ccc(C)[nH]2)[C@@H](O)[C@H](Oc2ccc3c(CN4CCNCC4c4ccccc4)cc(=O)oc3c2C)OC1(C)C. The van der Waals surface area contributed by atoms with Crippen molar-refractivity contribution in [3.05, 3.63) is 99.2 Å². The van der Waals surface area contributed by atoms with Crippen LogP contribution in [-0.2, 0) is 20.8 Å². The molecule has 0 amide bonds. The maximum atomic E-state index is 13.0. The van der Waals surface area contributed by atoms with Crippen molar-refractivity contribution < 1.29 is 33.3 Å². The molecule has 1 unspecified atom stereocenters. The first kappa shape index (κ1) is 32.0. The van der Waals surface area contributed by atoms with E-state index < -0.39 is 41.8 Å². The van der Waals surface area contributed by atoms with Gasteiger partial charge in [0.25, 0.3) is 0 Å². The molecule has 2 aliphatic rings. The third-order valence-corrected chi connectivity index (χ3v) is 8.92. The summed E-state index contributed by atoms with van der Waals surface area (Å²) in [6, 6.07) is 19.1. The molecule has 6 rings (SSSR count). The van der Waals surface area contributed by atoms with Crippen LogP contribution < -0.4 is 15.7 Å². The number of nitrogens with one attached hydrogen (secondary N) is 2. The van der Waals surface area contributed by atoms with E-state index in [1.807, 2.05) is 31.2 Å². The number of benzene rings is 2. The molecule has 2 fully saturated rings. The summed E-state index contributed by atoms with van der Waals surface area (Å²) in [6.45, 7) is 10.2. The number of ether oxygens (including phenoxy) is 4. The molecular formula is C35H41N3O8. The number of fused-ring (bicyclic) bond motifs is 1. The second-order valence-corrected chi connectivity index (χ2v) is 12.5. The van der Waals surface area contributed by atoms with Gasteiger partial charge in [-0.05, 0) is 63.1 Å². The Hall–Kier alpha value is -4.00. The fourth-order valence-electron chi connectivity index (χ4n) is 6.57. The second kappa shape index (κ2) is 13.0. The van der Waals surface area contributed by atoms with Gasteiger partial charge in [0.2, 0.25) is 6.29 Å². The maximum Gasteiger partial charge on any atom is 0.355 e. The van der Waals surface area contributed by atoms with Crippen molar-refractivity contribution >= 4 is 16.9 Å². The number of aromatic amines is 1. The fourth-order valence-corrected chi connectivity index (χ4v) is 6.57. The molecule has 2 aromatic heterocycles. The molecule has 0 bridgehead atoms. The number of rotatable bonds is 8.